The average Bonchev–Trinajstić information content (AvgIpc) is 2.97. The van der Waals surface area contributed by atoms with Gasteiger partial charge in [-0.2, -0.15) is 0 Å². The van der Waals surface area contributed by atoms with Gasteiger partial charge in [0.15, 0.2) is 0 Å². The van der Waals surface area contributed by atoms with Gasteiger partial charge in [0.1, 0.15) is 5.60 Å². The molecule has 7 heteroatoms. The van der Waals surface area contributed by atoms with Crippen molar-refractivity contribution in [1.29, 1.82) is 0 Å². The number of anilines is 1. The largest absolute Gasteiger partial charge is 0.496 e. The van der Waals surface area contributed by atoms with E-state index in [0.29, 0.717) is 18.0 Å². The van der Waals surface area contributed by atoms with Crippen molar-refractivity contribution in [3.05, 3.63) is 22.7 Å². The third-order valence-electron chi connectivity index (χ3n) is 5.25. The summed E-state index contributed by atoms with van der Waals surface area (Å²) in [4.78, 5) is 14.1. The summed E-state index contributed by atoms with van der Waals surface area (Å²) in [6, 6.07) is 3.78. The molecule has 0 radical (unpaired) electrons. The van der Waals surface area contributed by atoms with Crippen molar-refractivity contribution in [1.82, 2.24) is 0 Å². The van der Waals surface area contributed by atoms with Crippen LogP contribution in [0.25, 0.3) is 0 Å². The molecule has 2 aliphatic heterocycles. The molecule has 0 spiro atoms. The van der Waals surface area contributed by atoms with E-state index in [1.807, 2.05) is 60.6 Å². The SMILES string of the molecule is CC(C)(C)OC(=O)N1CCc2c1ccc(B1OC(C)(C)C(C)(C)O1)c2Cl. The molecule has 0 aliphatic carbocycles. The van der Waals surface area contributed by atoms with Crippen molar-refractivity contribution in [2.75, 3.05) is 11.4 Å². The van der Waals surface area contributed by atoms with Crippen molar-refractivity contribution in [3.8, 4) is 0 Å². The van der Waals surface area contributed by atoms with E-state index in [4.69, 9.17) is 25.6 Å². The van der Waals surface area contributed by atoms with Gasteiger partial charge in [0.25, 0.3) is 0 Å². The summed E-state index contributed by atoms with van der Waals surface area (Å²) in [6.45, 7) is 14.2. The molecule has 26 heavy (non-hydrogen) atoms. The molecule has 0 bridgehead atoms. The summed E-state index contributed by atoms with van der Waals surface area (Å²) in [6.07, 6.45) is 0.330. The Balaban J connectivity index is 1.88. The standard InChI is InChI=1S/C19H27BClNO4/c1-17(2,3)24-16(23)22-11-10-12-14(22)9-8-13(15(12)21)20-25-18(4,5)19(6,7)26-20/h8-9H,10-11H2,1-7H3. The zero-order chi connectivity index (χ0) is 19.5. The van der Waals surface area contributed by atoms with Crippen molar-refractivity contribution >= 4 is 36.0 Å². The molecule has 1 aromatic rings. The zero-order valence-corrected chi connectivity index (χ0v) is 17.4. The molecule has 1 aromatic carbocycles. The average molecular weight is 380 g/mol. The van der Waals surface area contributed by atoms with Crippen LogP contribution in [-0.2, 0) is 20.5 Å². The first kappa shape index (κ1) is 19.5. The maximum absolute atomic E-state index is 12.5. The van der Waals surface area contributed by atoms with Crippen LogP contribution in [0, 0.1) is 0 Å². The topological polar surface area (TPSA) is 48.0 Å². The highest BCUT2D eigenvalue weighted by molar-refractivity contribution is 6.66. The predicted octanol–water partition coefficient (Wildman–Crippen LogP) is 3.94. The Hall–Kier alpha value is -1.24. The van der Waals surface area contributed by atoms with Gasteiger partial charge in [-0.25, -0.2) is 4.79 Å². The lowest BCUT2D eigenvalue weighted by atomic mass is 9.78. The molecule has 142 valence electrons. The fourth-order valence-corrected chi connectivity index (χ4v) is 3.47. The van der Waals surface area contributed by atoms with Gasteiger partial charge in [-0.1, -0.05) is 17.7 Å². The Bertz CT molecular complexity index is 726. The second-order valence-corrected chi connectivity index (χ2v) is 9.31. The van der Waals surface area contributed by atoms with Gasteiger partial charge in [0.05, 0.1) is 16.9 Å². The third-order valence-corrected chi connectivity index (χ3v) is 5.69. The first-order valence-electron chi connectivity index (χ1n) is 9.00. The van der Waals surface area contributed by atoms with E-state index in [9.17, 15) is 4.79 Å². The zero-order valence-electron chi connectivity index (χ0n) is 16.6. The third kappa shape index (κ3) is 3.35. The number of carbonyl (C=O) groups is 1. The van der Waals surface area contributed by atoms with Crippen LogP contribution in [0.15, 0.2) is 12.1 Å². The van der Waals surface area contributed by atoms with Crippen LogP contribution in [0.5, 0.6) is 0 Å². The van der Waals surface area contributed by atoms with Crippen LogP contribution in [0.4, 0.5) is 10.5 Å². The molecule has 1 saturated heterocycles. The van der Waals surface area contributed by atoms with E-state index in [0.717, 1.165) is 16.7 Å². The number of hydrogen-bond donors (Lipinski definition) is 0. The maximum Gasteiger partial charge on any atom is 0.496 e. The molecule has 0 N–H and O–H groups in total. The van der Waals surface area contributed by atoms with Gasteiger partial charge >= 0.3 is 13.2 Å². The monoisotopic (exact) mass is 379 g/mol. The Morgan fingerprint density at radius 3 is 2.31 bits per heavy atom. The molecule has 0 saturated carbocycles. The Morgan fingerprint density at radius 2 is 1.77 bits per heavy atom. The highest BCUT2D eigenvalue weighted by atomic mass is 35.5. The van der Waals surface area contributed by atoms with Gasteiger partial charge in [0, 0.05) is 17.0 Å². The van der Waals surface area contributed by atoms with Crippen LogP contribution in [-0.4, -0.2) is 36.6 Å². The molecule has 3 rings (SSSR count). The second kappa shape index (κ2) is 6.15. The predicted molar refractivity (Wildman–Crippen MR) is 104 cm³/mol. The molecule has 0 aromatic heterocycles. The lowest BCUT2D eigenvalue weighted by Gasteiger charge is -2.32. The first-order valence-corrected chi connectivity index (χ1v) is 9.38. The summed E-state index contributed by atoms with van der Waals surface area (Å²) in [5.41, 5.74) is 1.14. The number of hydrogen-bond acceptors (Lipinski definition) is 4. The number of amides is 1. The fourth-order valence-electron chi connectivity index (χ4n) is 3.12. The minimum Gasteiger partial charge on any atom is -0.443 e. The lowest BCUT2D eigenvalue weighted by Crippen LogP contribution is -2.41. The van der Waals surface area contributed by atoms with Crippen molar-refractivity contribution < 1.29 is 18.8 Å². The van der Waals surface area contributed by atoms with Crippen molar-refractivity contribution in [2.45, 2.75) is 71.7 Å². The smallest absolute Gasteiger partial charge is 0.443 e. The van der Waals surface area contributed by atoms with Gasteiger partial charge in [-0.05, 0) is 66.5 Å². The van der Waals surface area contributed by atoms with Crippen LogP contribution in [0.1, 0.15) is 54.0 Å². The molecular formula is C19H27BClNO4. The number of ether oxygens (including phenoxy) is 1. The molecule has 5 nitrogen and oxygen atoms in total. The van der Waals surface area contributed by atoms with E-state index >= 15 is 0 Å². The number of carbonyl (C=O) groups excluding carboxylic acids is 1. The quantitative estimate of drug-likeness (QED) is 0.694. The summed E-state index contributed by atoms with van der Waals surface area (Å²) in [5.74, 6) is 0. The van der Waals surface area contributed by atoms with Gasteiger partial charge < -0.3 is 14.0 Å². The highest BCUT2D eigenvalue weighted by Gasteiger charge is 2.52. The van der Waals surface area contributed by atoms with E-state index in [1.165, 1.54) is 0 Å². The highest BCUT2D eigenvalue weighted by Crippen LogP contribution is 2.39. The number of halogens is 1. The number of fused-ring (bicyclic) bond motifs is 1. The van der Waals surface area contributed by atoms with Crippen LogP contribution >= 0.6 is 11.6 Å². The molecule has 1 amide bonds. The maximum atomic E-state index is 12.5. The number of rotatable bonds is 1. The molecule has 0 atom stereocenters. The number of benzene rings is 1. The van der Waals surface area contributed by atoms with E-state index in [2.05, 4.69) is 0 Å². The normalized spacial score (nSPS) is 21.1. The van der Waals surface area contributed by atoms with Gasteiger partial charge in [0.2, 0.25) is 0 Å². The Kier molecular flexibility index (Phi) is 4.62. The Labute approximate surface area is 161 Å². The van der Waals surface area contributed by atoms with Crippen LogP contribution < -0.4 is 10.4 Å². The summed E-state index contributed by atoms with van der Waals surface area (Å²) in [7, 11) is -0.520. The van der Waals surface area contributed by atoms with E-state index in [-0.39, 0.29) is 6.09 Å². The molecule has 0 unspecified atom stereocenters. The van der Waals surface area contributed by atoms with E-state index in [1.54, 1.807) is 4.90 Å². The molecule has 2 heterocycles. The van der Waals surface area contributed by atoms with Gasteiger partial charge in [-0.15, -0.1) is 0 Å². The summed E-state index contributed by atoms with van der Waals surface area (Å²) >= 11 is 6.68. The minimum absolute atomic E-state index is 0.351. The Morgan fingerprint density at radius 1 is 1.19 bits per heavy atom. The van der Waals surface area contributed by atoms with Crippen molar-refractivity contribution in [3.63, 3.8) is 0 Å². The van der Waals surface area contributed by atoms with Crippen LogP contribution in [0.2, 0.25) is 5.02 Å². The summed E-state index contributed by atoms with van der Waals surface area (Å²) in [5, 5.41) is 0.604. The molecule has 2 aliphatic rings. The lowest BCUT2D eigenvalue weighted by molar-refractivity contribution is 0.00578. The van der Waals surface area contributed by atoms with Gasteiger partial charge in [-0.3, -0.25) is 4.90 Å². The number of nitrogens with zero attached hydrogens (tertiary/aromatic N) is 1. The van der Waals surface area contributed by atoms with Crippen LogP contribution in [0.3, 0.4) is 0 Å². The first-order chi connectivity index (χ1) is 11.8. The molecule has 1 fully saturated rings. The van der Waals surface area contributed by atoms with Crippen molar-refractivity contribution in [2.24, 2.45) is 0 Å². The summed E-state index contributed by atoms with van der Waals surface area (Å²) < 4.78 is 17.7. The molecular weight excluding hydrogens is 352 g/mol. The fraction of sp³-hybridized carbons (Fsp3) is 0.632. The second-order valence-electron chi connectivity index (χ2n) is 8.94. The van der Waals surface area contributed by atoms with E-state index < -0.39 is 23.9 Å². The minimum atomic E-state index is -0.535.